The average molecular weight is 386 g/mol. The van der Waals surface area contributed by atoms with E-state index in [0.717, 1.165) is 11.8 Å². The maximum atomic E-state index is 10.5. The van der Waals surface area contributed by atoms with Crippen molar-refractivity contribution in [3.05, 3.63) is 12.7 Å². The minimum atomic E-state index is -5.04. The van der Waals surface area contributed by atoms with Crippen molar-refractivity contribution in [2.75, 3.05) is 6.61 Å². The molecule has 1 saturated heterocycles. The van der Waals surface area contributed by atoms with Crippen LogP contribution in [0, 0.1) is 0 Å². The molecule has 0 aromatic rings. The van der Waals surface area contributed by atoms with Gasteiger partial charge in [0.15, 0.2) is 0 Å². The number of unbranched alkanes of at least 4 members (excludes halogenated alkanes) is 1. The Kier molecular flexibility index (Phi) is 8.59. The summed E-state index contributed by atoms with van der Waals surface area (Å²) in [4.78, 5) is 0. The molecule has 1 aliphatic heterocycles. The van der Waals surface area contributed by atoms with Gasteiger partial charge >= 0.3 is 0 Å². The monoisotopic (exact) mass is 386 g/mol. The highest BCUT2D eigenvalue weighted by Crippen LogP contribution is 2.30. The zero-order valence-electron chi connectivity index (χ0n) is 12.6. The fraction of sp³-hybridized carbons (Fsp3) is 0.750. The second kappa shape index (κ2) is 9.68. The first-order chi connectivity index (χ1) is 11.2. The Balaban J connectivity index is 2.84. The number of hydrogen-bond acceptors (Lipinski definition) is 11. The number of aliphatic hydroxyl groups is 4. The van der Waals surface area contributed by atoms with Gasteiger partial charge in [-0.1, -0.05) is 23.0 Å². The third-order valence-corrected chi connectivity index (χ3v) is 4.56. The first-order valence-corrected chi connectivity index (χ1v) is 9.20. The second-order valence-corrected chi connectivity index (χ2v) is 7.10. The summed E-state index contributed by atoms with van der Waals surface area (Å²) in [6, 6.07) is 0. The zero-order chi connectivity index (χ0) is 18.3. The Labute approximate surface area is 143 Å². The predicted octanol–water partition coefficient (Wildman–Crippen LogP) is -1.33. The molecular weight excluding hydrogens is 366 g/mol. The fourth-order valence-corrected chi connectivity index (χ4v) is 3.25. The number of rotatable bonds is 8. The number of nitrogens with zero attached hydrogens (tertiary/aromatic N) is 1. The van der Waals surface area contributed by atoms with E-state index >= 15 is 0 Å². The van der Waals surface area contributed by atoms with E-state index in [1.165, 1.54) is 0 Å². The van der Waals surface area contributed by atoms with E-state index in [1.54, 1.807) is 6.08 Å². The highest BCUT2D eigenvalue weighted by molar-refractivity contribution is 8.14. The standard InChI is InChI=1S/C12H21NO9S2/c1-2-3-4-5-8(13-22-24(18,19)20)23-12-11(17)10(16)9(15)7(6-14)21-12/h2,7,9-12,14-17H,1,3-6H2,(H,18,19,20)/p-1/t7-,9+,10+,11-,12+/m1/s1. The molecule has 0 saturated carbocycles. The molecule has 1 fully saturated rings. The maximum absolute atomic E-state index is 10.5. The largest absolute Gasteiger partial charge is 0.714 e. The Morgan fingerprint density at radius 2 is 2.00 bits per heavy atom. The molecule has 1 heterocycles. The van der Waals surface area contributed by atoms with Gasteiger partial charge in [-0.25, -0.2) is 0 Å². The Morgan fingerprint density at radius 1 is 1.33 bits per heavy atom. The summed E-state index contributed by atoms with van der Waals surface area (Å²) in [6.07, 6.45) is -2.82. The molecule has 10 nitrogen and oxygen atoms in total. The highest BCUT2D eigenvalue weighted by Gasteiger charge is 2.44. The lowest BCUT2D eigenvalue weighted by molar-refractivity contribution is -0.205. The minimum absolute atomic E-state index is 0.0283. The van der Waals surface area contributed by atoms with Crippen molar-refractivity contribution in [1.82, 2.24) is 0 Å². The van der Waals surface area contributed by atoms with Gasteiger partial charge in [-0.2, -0.15) is 8.42 Å². The molecule has 4 N–H and O–H groups in total. The number of ether oxygens (including phenoxy) is 1. The van der Waals surface area contributed by atoms with Crippen LogP contribution < -0.4 is 0 Å². The van der Waals surface area contributed by atoms with E-state index in [-0.39, 0.29) is 11.5 Å². The summed E-state index contributed by atoms with van der Waals surface area (Å²) >= 11 is 0.723. The summed E-state index contributed by atoms with van der Waals surface area (Å²) in [5.41, 5.74) is -1.15. The molecule has 5 atom stereocenters. The van der Waals surface area contributed by atoms with Crippen molar-refractivity contribution in [3.63, 3.8) is 0 Å². The molecule has 0 aliphatic carbocycles. The number of hydrogen-bond donors (Lipinski definition) is 4. The van der Waals surface area contributed by atoms with Gasteiger partial charge < -0.3 is 29.7 Å². The van der Waals surface area contributed by atoms with E-state index in [1.807, 2.05) is 0 Å². The van der Waals surface area contributed by atoms with Crippen LogP contribution in [0.1, 0.15) is 19.3 Å². The van der Waals surface area contributed by atoms with Crippen LogP contribution >= 0.6 is 11.8 Å². The zero-order valence-corrected chi connectivity index (χ0v) is 14.2. The van der Waals surface area contributed by atoms with Crippen LogP contribution in [0.4, 0.5) is 0 Å². The highest BCUT2D eigenvalue weighted by atomic mass is 32.3. The normalized spacial score (nSPS) is 31.7. The van der Waals surface area contributed by atoms with Crippen LogP contribution in [0.15, 0.2) is 17.8 Å². The molecule has 0 bridgehead atoms. The van der Waals surface area contributed by atoms with E-state index in [0.29, 0.717) is 12.8 Å². The molecule has 1 rings (SSSR count). The Hall–Kier alpha value is -0.730. The van der Waals surface area contributed by atoms with Crippen LogP contribution in [0.3, 0.4) is 0 Å². The maximum Gasteiger partial charge on any atom is 0.284 e. The first-order valence-electron chi connectivity index (χ1n) is 6.99. The van der Waals surface area contributed by atoms with Crippen LogP contribution in [0.25, 0.3) is 0 Å². The third kappa shape index (κ3) is 6.64. The molecule has 24 heavy (non-hydrogen) atoms. The van der Waals surface area contributed by atoms with Gasteiger partial charge in [0.05, 0.1) is 6.61 Å². The van der Waals surface area contributed by atoms with Gasteiger partial charge in [-0.3, -0.25) is 4.28 Å². The summed E-state index contributed by atoms with van der Waals surface area (Å²) in [6.45, 7) is 2.93. The third-order valence-electron chi connectivity index (χ3n) is 3.13. The molecule has 0 amide bonds. The Bertz CT molecular complexity index is 537. The molecule has 0 aromatic heterocycles. The van der Waals surface area contributed by atoms with E-state index in [2.05, 4.69) is 16.0 Å². The number of aliphatic hydroxyl groups excluding tert-OH is 4. The van der Waals surface area contributed by atoms with E-state index in [4.69, 9.17) is 9.84 Å². The summed E-state index contributed by atoms with van der Waals surface area (Å²) in [5.74, 6) is 0. The quantitative estimate of drug-likeness (QED) is 0.0745. The van der Waals surface area contributed by atoms with Crippen molar-refractivity contribution in [2.24, 2.45) is 5.16 Å². The molecule has 0 radical (unpaired) electrons. The molecule has 140 valence electrons. The molecule has 0 aromatic carbocycles. The van der Waals surface area contributed by atoms with Gasteiger partial charge in [0.1, 0.15) is 34.9 Å². The van der Waals surface area contributed by atoms with Gasteiger partial charge in [-0.05, 0) is 19.3 Å². The van der Waals surface area contributed by atoms with Crippen molar-refractivity contribution >= 4 is 27.2 Å². The van der Waals surface area contributed by atoms with Gasteiger partial charge in [0.2, 0.25) is 0 Å². The smallest absolute Gasteiger partial charge is 0.284 e. The molecule has 12 heteroatoms. The fourth-order valence-electron chi connectivity index (χ4n) is 1.91. The number of allylic oxidation sites excluding steroid dienone is 1. The van der Waals surface area contributed by atoms with Crippen molar-refractivity contribution in [1.29, 1.82) is 0 Å². The van der Waals surface area contributed by atoms with Crippen molar-refractivity contribution < 1.29 is 42.4 Å². The van der Waals surface area contributed by atoms with E-state index < -0.39 is 46.9 Å². The van der Waals surface area contributed by atoms with Crippen LogP contribution in [-0.2, 0) is 19.4 Å². The predicted molar refractivity (Wildman–Crippen MR) is 83.6 cm³/mol. The summed E-state index contributed by atoms with van der Waals surface area (Å²) < 4.78 is 40.7. The van der Waals surface area contributed by atoms with Crippen LogP contribution in [0.5, 0.6) is 0 Å². The molecule has 0 unspecified atom stereocenters. The summed E-state index contributed by atoms with van der Waals surface area (Å²) in [5, 5.41) is 41.8. The number of thioether (sulfide) groups is 1. The van der Waals surface area contributed by atoms with Crippen LogP contribution in [-0.4, -0.2) is 74.9 Å². The lowest BCUT2D eigenvalue weighted by Gasteiger charge is -2.39. The lowest BCUT2D eigenvalue weighted by Crippen LogP contribution is -2.57. The average Bonchev–Trinajstić information content (AvgIpc) is 2.52. The second-order valence-electron chi connectivity index (χ2n) is 4.96. The van der Waals surface area contributed by atoms with Gasteiger partial charge in [0, 0.05) is 0 Å². The van der Waals surface area contributed by atoms with E-state index in [9.17, 15) is 28.3 Å². The van der Waals surface area contributed by atoms with Gasteiger partial charge in [0.25, 0.3) is 10.4 Å². The summed E-state index contributed by atoms with van der Waals surface area (Å²) in [7, 11) is -5.04. The van der Waals surface area contributed by atoms with Gasteiger partial charge in [-0.15, -0.1) is 6.58 Å². The topological polar surface area (TPSA) is 169 Å². The number of oxime groups is 1. The molecular formula is C12H20NO9S2-. The van der Waals surface area contributed by atoms with Crippen molar-refractivity contribution in [2.45, 2.75) is 49.1 Å². The first kappa shape index (κ1) is 21.3. The minimum Gasteiger partial charge on any atom is -0.714 e. The SMILES string of the molecule is C=CCCCC(=NOS(=O)(=O)[O-])S[C@@H]1O[C@H](CO)[C@H](O)[C@H](O)[C@H]1O. The van der Waals surface area contributed by atoms with Crippen molar-refractivity contribution in [3.8, 4) is 0 Å². The lowest BCUT2D eigenvalue weighted by atomic mass is 10.0. The molecule has 0 spiro atoms. The molecule has 1 aliphatic rings. The Morgan fingerprint density at radius 3 is 2.54 bits per heavy atom. The van der Waals surface area contributed by atoms with Crippen LogP contribution in [0.2, 0.25) is 0 Å².